The summed E-state index contributed by atoms with van der Waals surface area (Å²) < 4.78 is 14.4. The Balaban J connectivity index is 1.51. The van der Waals surface area contributed by atoms with E-state index < -0.39 is 0 Å². The Morgan fingerprint density at radius 3 is 2.59 bits per heavy atom. The number of ether oxygens (including phenoxy) is 2. The first-order valence-electron chi connectivity index (χ1n) is 10.9. The van der Waals surface area contributed by atoms with Crippen LogP contribution in [0.4, 0.5) is 0 Å². The molecule has 0 unspecified atom stereocenters. The molecule has 0 bridgehead atoms. The van der Waals surface area contributed by atoms with Crippen molar-refractivity contribution >= 4 is 37.6 Å². The van der Waals surface area contributed by atoms with Crippen molar-refractivity contribution in [1.29, 1.82) is 0 Å². The van der Waals surface area contributed by atoms with E-state index in [0.29, 0.717) is 0 Å². The van der Waals surface area contributed by atoms with Gasteiger partial charge in [0.2, 0.25) is 6.23 Å². The molecule has 3 aromatic rings. The summed E-state index contributed by atoms with van der Waals surface area (Å²) in [7, 11) is 0. The van der Waals surface area contributed by atoms with Crippen molar-refractivity contribution in [3.05, 3.63) is 92.4 Å². The number of benzene rings is 3. The highest BCUT2D eigenvalue weighted by molar-refractivity contribution is 9.11. The van der Waals surface area contributed by atoms with Gasteiger partial charge < -0.3 is 9.47 Å². The molecule has 5 rings (SSSR count). The molecular formula is C26H24Br2N2O2. The van der Waals surface area contributed by atoms with E-state index in [1.165, 1.54) is 0 Å². The van der Waals surface area contributed by atoms with Crippen molar-refractivity contribution in [2.45, 2.75) is 38.5 Å². The van der Waals surface area contributed by atoms with Crippen LogP contribution < -0.4 is 9.47 Å². The van der Waals surface area contributed by atoms with E-state index in [-0.39, 0.29) is 12.3 Å². The molecule has 0 spiro atoms. The first-order valence-corrected chi connectivity index (χ1v) is 12.5. The third-order valence-corrected chi connectivity index (χ3v) is 6.89. The third-order valence-electron chi connectivity index (χ3n) is 5.85. The van der Waals surface area contributed by atoms with Crippen LogP contribution in [0.1, 0.15) is 55.1 Å². The monoisotopic (exact) mass is 554 g/mol. The van der Waals surface area contributed by atoms with Gasteiger partial charge in [0.05, 0.1) is 22.8 Å². The normalized spacial score (nSPS) is 19.1. The van der Waals surface area contributed by atoms with Gasteiger partial charge >= 0.3 is 0 Å². The van der Waals surface area contributed by atoms with E-state index in [1.807, 2.05) is 24.3 Å². The molecule has 3 aromatic carbocycles. The zero-order valence-electron chi connectivity index (χ0n) is 17.8. The van der Waals surface area contributed by atoms with Gasteiger partial charge in [-0.05, 0) is 64.3 Å². The molecular weight excluding hydrogens is 532 g/mol. The average molecular weight is 556 g/mol. The number of hydrogen-bond acceptors (Lipinski definition) is 4. The molecule has 0 radical (unpaired) electrons. The van der Waals surface area contributed by atoms with E-state index in [0.717, 1.165) is 68.7 Å². The first kappa shape index (κ1) is 21.5. The molecule has 4 nitrogen and oxygen atoms in total. The van der Waals surface area contributed by atoms with Crippen molar-refractivity contribution < 1.29 is 9.47 Å². The maximum absolute atomic E-state index is 6.55. The molecule has 0 N–H and O–H groups in total. The molecule has 164 valence electrons. The Bertz CT molecular complexity index is 1130. The second-order valence-electron chi connectivity index (χ2n) is 8.06. The summed E-state index contributed by atoms with van der Waals surface area (Å²) in [5.41, 5.74) is 4.41. The van der Waals surface area contributed by atoms with Crippen LogP contribution >= 0.6 is 31.9 Å². The van der Waals surface area contributed by atoms with Crippen molar-refractivity contribution in [3.8, 4) is 11.5 Å². The lowest BCUT2D eigenvalue weighted by atomic mass is 9.96. The fraction of sp³-hybridized carbons (Fsp3) is 0.269. The van der Waals surface area contributed by atoms with Crippen LogP contribution in [0.2, 0.25) is 0 Å². The summed E-state index contributed by atoms with van der Waals surface area (Å²) >= 11 is 7.34. The molecule has 6 heteroatoms. The number of halogens is 2. The van der Waals surface area contributed by atoms with Crippen LogP contribution in [0.25, 0.3) is 0 Å². The Hall–Kier alpha value is -2.31. The topological polar surface area (TPSA) is 34.1 Å². The predicted molar refractivity (Wildman–Crippen MR) is 134 cm³/mol. The van der Waals surface area contributed by atoms with Crippen LogP contribution in [-0.4, -0.2) is 17.3 Å². The summed E-state index contributed by atoms with van der Waals surface area (Å²) in [5, 5.41) is 7.15. The van der Waals surface area contributed by atoms with E-state index in [2.05, 4.69) is 86.3 Å². The van der Waals surface area contributed by atoms with Crippen LogP contribution in [0.15, 0.2) is 80.8 Å². The Morgan fingerprint density at radius 1 is 1.06 bits per heavy atom. The lowest BCUT2D eigenvalue weighted by molar-refractivity contribution is -0.0197. The lowest BCUT2D eigenvalue weighted by Crippen LogP contribution is -2.33. The minimum absolute atomic E-state index is 0.105. The lowest BCUT2D eigenvalue weighted by Gasteiger charge is -2.38. The Morgan fingerprint density at radius 2 is 1.84 bits per heavy atom. The second-order valence-corrected chi connectivity index (χ2v) is 9.83. The minimum Gasteiger partial charge on any atom is -0.494 e. The van der Waals surface area contributed by atoms with E-state index in [1.54, 1.807) is 0 Å². The molecule has 32 heavy (non-hydrogen) atoms. The summed E-state index contributed by atoms with van der Waals surface area (Å²) in [6.45, 7) is 2.90. The quantitative estimate of drug-likeness (QED) is 0.293. The van der Waals surface area contributed by atoms with Crippen molar-refractivity contribution in [1.82, 2.24) is 5.01 Å². The van der Waals surface area contributed by atoms with Gasteiger partial charge in [-0.2, -0.15) is 5.10 Å². The Kier molecular flexibility index (Phi) is 6.24. The molecule has 0 fully saturated rings. The number of hydrogen-bond donors (Lipinski definition) is 0. The van der Waals surface area contributed by atoms with Gasteiger partial charge in [-0.15, -0.1) is 0 Å². The van der Waals surface area contributed by atoms with Crippen molar-refractivity contribution in [2.75, 3.05) is 6.61 Å². The summed E-state index contributed by atoms with van der Waals surface area (Å²) in [4.78, 5) is 0. The molecule has 2 heterocycles. The van der Waals surface area contributed by atoms with E-state index >= 15 is 0 Å². The van der Waals surface area contributed by atoms with Gasteiger partial charge in [0, 0.05) is 22.0 Å². The minimum atomic E-state index is -0.309. The molecule has 0 saturated heterocycles. The fourth-order valence-electron chi connectivity index (χ4n) is 4.20. The largest absolute Gasteiger partial charge is 0.494 e. The first-order chi connectivity index (χ1) is 15.6. The SMILES string of the molecule is CCCCOc1ccc([C@@H]2Oc3c(Br)cc(Br)cc3[C@@H]3CC(c4ccccc4)=NN32)cc1. The number of hydrazone groups is 1. The zero-order chi connectivity index (χ0) is 22.1. The summed E-state index contributed by atoms with van der Waals surface area (Å²) in [6, 6.07) is 22.9. The second kappa shape index (κ2) is 9.28. The number of fused-ring (bicyclic) bond motifs is 3. The standard InChI is InChI=1S/C26H24Br2N2O2/c1-2-3-13-31-20-11-9-18(10-12-20)26-30-24(16-23(29-30)17-7-5-4-6-8-17)21-14-19(27)15-22(28)25(21)32-26/h4-12,14-15,24,26H,2-3,13,16H2,1H3/t24-,26-/m0/s1. The van der Waals surface area contributed by atoms with E-state index in [4.69, 9.17) is 14.6 Å². The summed E-state index contributed by atoms with van der Waals surface area (Å²) in [6.07, 6.45) is 2.70. The van der Waals surface area contributed by atoms with Gasteiger partial charge in [-0.3, -0.25) is 0 Å². The smallest absolute Gasteiger partial charge is 0.213 e. The maximum atomic E-state index is 6.55. The number of unbranched alkanes of at least 4 members (excludes halogenated alkanes) is 1. The molecule has 2 atom stereocenters. The molecule has 0 saturated carbocycles. The Labute approximate surface area is 205 Å². The van der Waals surface area contributed by atoms with Gasteiger partial charge in [0.15, 0.2) is 0 Å². The van der Waals surface area contributed by atoms with Gasteiger partial charge in [-0.25, -0.2) is 5.01 Å². The molecule has 2 aliphatic heterocycles. The maximum Gasteiger partial charge on any atom is 0.213 e. The van der Waals surface area contributed by atoms with Gasteiger partial charge in [0.25, 0.3) is 0 Å². The van der Waals surface area contributed by atoms with E-state index in [9.17, 15) is 0 Å². The molecule has 0 amide bonds. The van der Waals surface area contributed by atoms with Crippen molar-refractivity contribution in [3.63, 3.8) is 0 Å². The van der Waals surface area contributed by atoms with Crippen molar-refractivity contribution in [2.24, 2.45) is 5.10 Å². The van der Waals surface area contributed by atoms with Gasteiger partial charge in [0.1, 0.15) is 11.5 Å². The zero-order valence-corrected chi connectivity index (χ0v) is 21.0. The molecule has 2 aliphatic rings. The molecule has 0 aliphatic carbocycles. The van der Waals surface area contributed by atoms with Crippen LogP contribution in [0, 0.1) is 0 Å². The van der Waals surface area contributed by atoms with Crippen LogP contribution in [0.3, 0.4) is 0 Å². The number of rotatable bonds is 6. The highest BCUT2D eigenvalue weighted by Crippen LogP contribution is 2.50. The number of nitrogens with zero attached hydrogens (tertiary/aromatic N) is 2. The highest BCUT2D eigenvalue weighted by Gasteiger charge is 2.41. The van der Waals surface area contributed by atoms with Gasteiger partial charge in [-0.1, -0.05) is 59.6 Å². The third kappa shape index (κ3) is 4.18. The van der Waals surface area contributed by atoms with Crippen LogP contribution in [-0.2, 0) is 0 Å². The average Bonchev–Trinajstić information content (AvgIpc) is 3.26. The fourth-order valence-corrected chi connectivity index (χ4v) is 5.55. The highest BCUT2D eigenvalue weighted by atomic mass is 79.9. The molecule has 0 aromatic heterocycles. The summed E-state index contributed by atoms with van der Waals surface area (Å²) in [5.74, 6) is 1.77. The van der Waals surface area contributed by atoms with Crippen LogP contribution in [0.5, 0.6) is 11.5 Å². The predicted octanol–water partition coefficient (Wildman–Crippen LogP) is 7.63.